The summed E-state index contributed by atoms with van der Waals surface area (Å²) in [6.45, 7) is 2.50. The van der Waals surface area contributed by atoms with E-state index in [9.17, 15) is 30.0 Å². The first kappa shape index (κ1) is 24.2. The third kappa shape index (κ3) is 6.97. The van der Waals surface area contributed by atoms with Gasteiger partial charge in [-0.25, -0.2) is 4.79 Å². The molecule has 0 bridgehead atoms. The van der Waals surface area contributed by atoms with E-state index < -0.39 is 55.4 Å². The molecule has 0 aromatic rings. The number of aliphatic carboxylic acids is 1. The van der Waals surface area contributed by atoms with Crippen molar-refractivity contribution in [1.29, 1.82) is 0 Å². The summed E-state index contributed by atoms with van der Waals surface area (Å²) >= 11 is 0. The maximum atomic E-state index is 12.1. The van der Waals surface area contributed by atoms with E-state index in [0.29, 0.717) is 6.42 Å². The Morgan fingerprint density at radius 3 is 2.39 bits per heavy atom. The van der Waals surface area contributed by atoms with Crippen LogP contribution in [0.15, 0.2) is 23.8 Å². The highest BCUT2D eigenvalue weighted by atomic mass is 16.7. The van der Waals surface area contributed by atoms with Crippen LogP contribution in [0, 0.1) is 5.92 Å². The molecule has 28 heavy (non-hydrogen) atoms. The summed E-state index contributed by atoms with van der Waals surface area (Å²) in [6.07, 6.45) is -3.95. The molecule has 6 N–H and O–H groups in total. The minimum Gasteiger partial charge on any atom is -0.481 e. The smallest absolute Gasteiger partial charge is 0.336 e. The zero-order valence-electron chi connectivity index (χ0n) is 15.7. The van der Waals surface area contributed by atoms with Gasteiger partial charge in [-0.05, 0) is 19.3 Å². The van der Waals surface area contributed by atoms with Gasteiger partial charge in [-0.2, -0.15) is 0 Å². The molecule has 0 spiro atoms. The van der Waals surface area contributed by atoms with Gasteiger partial charge >= 0.3 is 11.9 Å². The molecule has 160 valence electrons. The summed E-state index contributed by atoms with van der Waals surface area (Å²) in [5.41, 5.74) is 0.145. The van der Waals surface area contributed by atoms with Gasteiger partial charge < -0.3 is 40.1 Å². The van der Waals surface area contributed by atoms with Crippen molar-refractivity contribution in [2.45, 2.75) is 63.5 Å². The highest BCUT2D eigenvalue weighted by Gasteiger charge is 2.45. The summed E-state index contributed by atoms with van der Waals surface area (Å²) in [5, 5.41) is 56.6. The van der Waals surface area contributed by atoms with Gasteiger partial charge in [-0.15, -0.1) is 0 Å². The fourth-order valence-corrected chi connectivity index (χ4v) is 2.47. The van der Waals surface area contributed by atoms with Crippen molar-refractivity contribution in [3.05, 3.63) is 23.8 Å². The molecule has 1 aliphatic rings. The number of rotatable bonds is 9. The van der Waals surface area contributed by atoms with Crippen molar-refractivity contribution in [3.8, 4) is 0 Å². The van der Waals surface area contributed by atoms with E-state index in [4.69, 9.17) is 19.7 Å². The van der Waals surface area contributed by atoms with Crippen LogP contribution in [0.5, 0.6) is 0 Å². The molecule has 1 saturated heterocycles. The van der Waals surface area contributed by atoms with E-state index in [-0.39, 0.29) is 17.9 Å². The number of aliphatic hydroxyl groups is 5. The largest absolute Gasteiger partial charge is 0.481 e. The van der Waals surface area contributed by atoms with Crippen molar-refractivity contribution in [1.82, 2.24) is 0 Å². The van der Waals surface area contributed by atoms with Crippen LogP contribution >= 0.6 is 0 Å². The molecule has 10 heteroatoms. The second-order valence-corrected chi connectivity index (χ2v) is 6.76. The zero-order chi connectivity index (χ0) is 21.4. The number of carboxylic acid groups (broad SMARTS) is 1. The first-order valence-electron chi connectivity index (χ1n) is 8.83. The van der Waals surface area contributed by atoms with Crippen LogP contribution in [-0.4, -0.2) is 86.0 Å². The Hall–Kier alpha value is -1.82. The molecule has 7 unspecified atom stereocenters. The number of hydrogen-bond donors (Lipinski definition) is 6. The Balaban J connectivity index is 2.58. The fourth-order valence-electron chi connectivity index (χ4n) is 2.47. The van der Waals surface area contributed by atoms with Gasteiger partial charge in [0.2, 0.25) is 6.29 Å². The van der Waals surface area contributed by atoms with Crippen LogP contribution in [-0.2, 0) is 19.1 Å². The molecular formula is C18H28O10. The van der Waals surface area contributed by atoms with Crippen LogP contribution in [0.1, 0.15) is 26.7 Å². The molecule has 7 atom stereocenters. The Morgan fingerprint density at radius 1 is 1.18 bits per heavy atom. The topological polar surface area (TPSA) is 174 Å². The maximum absolute atomic E-state index is 12.1. The number of allylic oxidation sites excluding steroid dienone is 3. The Morgan fingerprint density at radius 2 is 1.82 bits per heavy atom. The maximum Gasteiger partial charge on any atom is 0.336 e. The number of aliphatic hydroxyl groups excluding tert-OH is 5. The van der Waals surface area contributed by atoms with Crippen LogP contribution in [0.4, 0.5) is 0 Å². The third-order valence-electron chi connectivity index (χ3n) is 4.42. The minimum atomic E-state index is -1.68. The van der Waals surface area contributed by atoms with E-state index in [2.05, 4.69) is 0 Å². The van der Waals surface area contributed by atoms with Gasteiger partial charge in [0.1, 0.15) is 24.4 Å². The lowest BCUT2D eigenvalue weighted by atomic mass is 9.98. The Kier molecular flexibility index (Phi) is 9.73. The summed E-state index contributed by atoms with van der Waals surface area (Å²) in [4.78, 5) is 22.6. The summed E-state index contributed by atoms with van der Waals surface area (Å²) in [6, 6.07) is 0. The minimum absolute atomic E-state index is 0.145. The van der Waals surface area contributed by atoms with E-state index >= 15 is 0 Å². The van der Waals surface area contributed by atoms with Crippen molar-refractivity contribution < 1.29 is 49.7 Å². The Bertz CT molecular complexity index is 585. The fraction of sp³-hybridized carbons (Fsp3) is 0.667. The van der Waals surface area contributed by atoms with Crippen molar-refractivity contribution in [2.24, 2.45) is 5.92 Å². The summed E-state index contributed by atoms with van der Waals surface area (Å²) in [5.74, 6) is -2.22. The molecule has 0 aromatic heterocycles. The summed E-state index contributed by atoms with van der Waals surface area (Å²) < 4.78 is 10.1. The SMILES string of the molecule is CC(=CC=CCC(C)C(O)CC(=O)O)C(=O)OC1OC(CO)C(O)C(O)C1O. The van der Waals surface area contributed by atoms with Crippen LogP contribution in [0.25, 0.3) is 0 Å². The van der Waals surface area contributed by atoms with Crippen LogP contribution in [0.3, 0.4) is 0 Å². The molecule has 1 aliphatic heterocycles. The first-order chi connectivity index (χ1) is 13.1. The lowest BCUT2D eigenvalue weighted by molar-refractivity contribution is -0.291. The number of carboxylic acids is 1. The second kappa shape index (κ2) is 11.2. The Labute approximate surface area is 162 Å². The highest BCUT2D eigenvalue weighted by Crippen LogP contribution is 2.22. The molecule has 0 saturated carbocycles. The third-order valence-corrected chi connectivity index (χ3v) is 4.42. The predicted octanol–water partition coefficient (Wildman–Crippen LogP) is -1.31. The molecule has 0 radical (unpaired) electrons. The highest BCUT2D eigenvalue weighted by molar-refractivity contribution is 5.88. The monoisotopic (exact) mass is 404 g/mol. The van der Waals surface area contributed by atoms with Crippen LogP contribution in [0.2, 0.25) is 0 Å². The summed E-state index contributed by atoms with van der Waals surface area (Å²) in [7, 11) is 0. The van der Waals surface area contributed by atoms with Gasteiger partial charge in [0.05, 0.1) is 19.1 Å². The molecular weight excluding hydrogens is 376 g/mol. The van der Waals surface area contributed by atoms with Crippen molar-refractivity contribution >= 4 is 11.9 Å². The number of hydrogen-bond acceptors (Lipinski definition) is 9. The standard InChI is InChI=1S/C18H28O10/c1-9(11(20)7-13(21)22)5-3-4-6-10(2)17(26)28-18-16(25)15(24)14(23)12(8-19)27-18/h3-4,6,9,11-12,14-16,18-20,23-25H,5,7-8H2,1-2H3,(H,21,22). The van der Waals surface area contributed by atoms with E-state index in [0.717, 1.165) is 0 Å². The molecule has 10 nitrogen and oxygen atoms in total. The number of carbonyl (C=O) groups is 2. The molecule has 0 amide bonds. The van der Waals surface area contributed by atoms with Gasteiger partial charge in [0.25, 0.3) is 0 Å². The van der Waals surface area contributed by atoms with E-state index in [1.54, 1.807) is 13.0 Å². The molecule has 1 heterocycles. The van der Waals surface area contributed by atoms with Gasteiger partial charge in [0.15, 0.2) is 0 Å². The molecule has 0 aliphatic carbocycles. The van der Waals surface area contributed by atoms with Crippen LogP contribution < -0.4 is 0 Å². The first-order valence-corrected chi connectivity index (χ1v) is 8.83. The van der Waals surface area contributed by atoms with Gasteiger partial charge in [-0.3, -0.25) is 4.79 Å². The van der Waals surface area contributed by atoms with Gasteiger partial charge in [-0.1, -0.05) is 25.2 Å². The quantitative estimate of drug-likeness (QED) is 0.154. The average molecular weight is 404 g/mol. The lowest BCUT2D eigenvalue weighted by Gasteiger charge is -2.39. The van der Waals surface area contributed by atoms with Crippen molar-refractivity contribution in [3.63, 3.8) is 0 Å². The second-order valence-electron chi connectivity index (χ2n) is 6.76. The molecule has 0 aromatic carbocycles. The number of ether oxygens (including phenoxy) is 2. The van der Waals surface area contributed by atoms with Gasteiger partial charge in [0, 0.05) is 5.57 Å². The lowest BCUT2D eigenvalue weighted by Crippen LogP contribution is -2.59. The molecule has 1 fully saturated rings. The molecule has 1 rings (SSSR count). The average Bonchev–Trinajstić information content (AvgIpc) is 2.64. The number of esters is 1. The van der Waals surface area contributed by atoms with E-state index in [1.807, 2.05) is 0 Å². The van der Waals surface area contributed by atoms with Crippen molar-refractivity contribution in [2.75, 3.05) is 6.61 Å². The number of carbonyl (C=O) groups excluding carboxylic acids is 1. The zero-order valence-corrected chi connectivity index (χ0v) is 15.7. The normalized spacial score (nSPS) is 30.8. The predicted molar refractivity (Wildman–Crippen MR) is 94.8 cm³/mol. The van der Waals surface area contributed by atoms with E-state index in [1.165, 1.54) is 19.1 Å².